The van der Waals surface area contributed by atoms with Crippen molar-refractivity contribution in [3.05, 3.63) is 60.0 Å². The SMILES string of the molecule is C=CC(=O)N1CCC(Nc2ncnc3[nH]c(C#CCOc4ccccc4Cl)cc23)C1. The molecule has 3 aromatic rings. The maximum atomic E-state index is 11.8. The van der Waals surface area contributed by atoms with Gasteiger partial charge in [-0.25, -0.2) is 9.97 Å². The van der Waals surface area contributed by atoms with Gasteiger partial charge in [0.05, 0.1) is 16.1 Å². The van der Waals surface area contributed by atoms with Gasteiger partial charge in [0, 0.05) is 19.1 Å². The van der Waals surface area contributed by atoms with E-state index in [1.807, 2.05) is 18.2 Å². The molecule has 0 aliphatic carbocycles. The molecule has 0 spiro atoms. The number of benzene rings is 1. The number of H-pyrrole nitrogens is 1. The summed E-state index contributed by atoms with van der Waals surface area (Å²) >= 11 is 6.07. The molecule has 1 aromatic carbocycles. The number of hydrogen-bond acceptors (Lipinski definition) is 5. The summed E-state index contributed by atoms with van der Waals surface area (Å²) < 4.78 is 5.58. The minimum atomic E-state index is -0.0506. The summed E-state index contributed by atoms with van der Waals surface area (Å²) in [5.41, 5.74) is 1.41. The van der Waals surface area contributed by atoms with Crippen molar-refractivity contribution in [3.8, 4) is 17.6 Å². The highest BCUT2D eigenvalue weighted by molar-refractivity contribution is 6.32. The van der Waals surface area contributed by atoms with Crippen molar-refractivity contribution < 1.29 is 9.53 Å². The van der Waals surface area contributed by atoms with Crippen LogP contribution >= 0.6 is 11.6 Å². The number of aromatic amines is 1. The number of halogens is 1. The van der Waals surface area contributed by atoms with Crippen molar-refractivity contribution in [3.63, 3.8) is 0 Å². The fourth-order valence-electron chi connectivity index (χ4n) is 3.33. The van der Waals surface area contributed by atoms with Gasteiger partial charge in [-0.15, -0.1) is 0 Å². The summed E-state index contributed by atoms with van der Waals surface area (Å²) in [5, 5.41) is 4.82. The first-order chi connectivity index (χ1) is 14.6. The number of carbonyl (C=O) groups is 1. The number of nitrogens with zero attached hydrogens (tertiary/aromatic N) is 3. The molecule has 0 bridgehead atoms. The summed E-state index contributed by atoms with van der Waals surface area (Å²) in [6.07, 6.45) is 3.69. The number of carbonyl (C=O) groups excluding carboxylic acids is 1. The van der Waals surface area contributed by atoms with Gasteiger partial charge in [0.25, 0.3) is 0 Å². The van der Waals surface area contributed by atoms with E-state index in [2.05, 4.69) is 38.7 Å². The highest BCUT2D eigenvalue weighted by Gasteiger charge is 2.25. The number of para-hydroxylation sites is 1. The summed E-state index contributed by atoms with van der Waals surface area (Å²) in [5.74, 6) is 7.28. The summed E-state index contributed by atoms with van der Waals surface area (Å²) in [6.45, 7) is 5.08. The Hall–Kier alpha value is -3.50. The van der Waals surface area contributed by atoms with Crippen LogP contribution in [0.25, 0.3) is 11.0 Å². The summed E-state index contributed by atoms with van der Waals surface area (Å²) in [4.78, 5) is 25.4. The molecule has 2 aromatic heterocycles. The number of anilines is 1. The molecule has 7 nitrogen and oxygen atoms in total. The molecular formula is C22H20ClN5O2. The molecule has 1 amide bonds. The van der Waals surface area contributed by atoms with Crippen LogP contribution in [-0.2, 0) is 4.79 Å². The van der Waals surface area contributed by atoms with Crippen molar-refractivity contribution in [1.82, 2.24) is 19.9 Å². The molecule has 3 heterocycles. The van der Waals surface area contributed by atoms with E-state index in [9.17, 15) is 4.79 Å². The van der Waals surface area contributed by atoms with Crippen LogP contribution in [0.15, 0.2) is 49.3 Å². The summed E-state index contributed by atoms with van der Waals surface area (Å²) in [6, 6.07) is 9.30. The fourth-order valence-corrected chi connectivity index (χ4v) is 3.52. The predicted octanol–water partition coefficient (Wildman–Crippen LogP) is 3.24. The van der Waals surface area contributed by atoms with Gasteiger partial charge >= 0.3 is 0 Å². The van der Waals surface area contributed by atoms with Gasteiger partial charge in [0.15, 0.2) is 0 Å². The molecule has 0 radical (unpaired) electrons. The lowest BCUT2D eigenvalue weighted by molar-refractivity contribution is -0.125. The van der Waals surface area contributed by atoms with E-state index in [-0.39, 0.29) is 18.6 Å². The standard InChI is InChI=1S/C22H20ClN5O2/c1-2-20(29)28-10-9-16(13-28)27-22-17-12-15(26-21(17)24-14-25-22)6-5-11-30-19-8-4-3-7-18(19)23/h2-4,7-8,12,14,16H,1,9-11,13H2,(H2,24,25,26,27). The molecule has 152 valence electrons. The molecule has 2 N–H and O–H groups in total. The predicted molar refractivity (Wildman–Crippen MR) is 117 cm³/mol. The Morgan fingerprint density at radius 1 is 1.43 bits per heavy atom. The average molecular weight is 422 g/mol. The van der Waals surface area contributed by atoms with Crippen molar-refractivity contribution >= 4 is 34.4 Å². The van der Waals surface area contributed by atoms with Crippen LogP contribution in [0.4, 0.5) is 5.82 Å². The summed E-state index contributed by atoms with van der Waals surface area (Å²) in [7, 11) is 0. The van der Waals surface area contributed by atoms with Gasteiger partial charge in [-0.05, 0) is 36.6 Å². The Morgan fingerprint density at radius 2 is 2.30 bits per heavy atom. The lowest BCUT2D eigenvalue weighted by Crippen LogP contribution is -2.30. The van der Waals surface area contributed by atoms with Crippen LogP contribution in [0, 0.1) is 11.8 Å². The molecule has 1 aliphatic rings. The Labute approximate surface area is 179 Å². The Balaban J connectivity index is 1.43. The zero-order valence-corrected chi connectivity index (χ0v) is 16.9. The first kappa shape index (κ1) is 19.8. The fraction of sp³-hybridized carbons (Fsp3) is 0.227. The number of likely N-dealkylation sites (tertiary alicyclic amines) is 1. The molecule has 1 aliphatic heterocycles. The number of rotatable bonds is 5. The van der Waals surface area contributed by atoms with Gasteiger partial charge < -0.3 is 19.9 Å². The van der Waals surface area contributed by atoms with Gasteiger partial charge in [-0.1, -0.05) is 36.2 Å². The van der Waals surface area contributed by atoms with Gasteiger partial charge in [0.1, 0.15) is 30.1 Å². The molecule has 1 fully saturated rings. The minimum absolute atomic E-state index is 0.0506. The van der Waals surface area contributed by atoms with E-state index in [4.69, 9.17) is 16.3 Å². The lowest BCUT2D eigenvalue weighted by atomic mass is 10.2. The molecule has 1 saturated heterocycles. The largest absolute Gasteiger partial charge is 0.479 e. The van der Waals surface area contributed by atoms with Gasteiger partial charge in [0.2, 0.25) is 5.91 Å². The highest BCUT2D eigenvalue weighted by Crippen LogP contribution is 2.24. The van der Waals surface area contributed by atoms with E-state index < -0.39 is 0 Å². The van der Waals surface area contributed by atoms with E-state index in [1.54, 1.807) is 17.0 Å². The number of amides is 1. The van der Waals surface area contributed by atoms with E-state index >= 15 is 0 Å². The maximum Gasteiger partial charge on any atom is 0.246 e. The zero-order chi connectivity index (χ0) is 20.9. The zero-order valence-electron chi connectivity index (χ0n) is 16.2. The Kier molecular flexibility index (Phi) is 5.87. The molecule has 1 unspecified atom stereocenters. The first-order valence-electron chi connectivity index (χ1n) is 9.52. The highest BCUT2D eigenvalue weighted by atomic mass is 35.5. The van der Waals surface area contributed by atoms with Crippen molar-refractivity contribution in [1.29, 1.82) is 0 Å². The van der Waals surface area contributed by atoms with Crippen LogP contribution in [0.3, 0.4) is 0 Å². The topological polar surface area (TPSA) is 83.1 Å². The van der Waals surface area contributed by atoms with Crippen LogP contribution in [0.1, 0.15) is 12.1 Å². The number of aromatic nitrogens is 3. The average Bonchev–Trinajstić information content (AvgIpc) is 3.39. The molecule has 4 rings (SSSR count). The van der Waals surface area contributed by atoms with Crippen LogP contribution in [0.5, 0.6) is 5.75 Å². The van der Waals surface area contributed by atoms with E-state index in [0.717, 1.165) is 17.6 Å². The van der Waals surface area contributed by atoms with Crippen LogP contribution in [0.2, 0.25) is 5.02 Å². The van der Waals surface area contributed by atoms with Gasteiger partial charge in [-0.3, -0.25) is 4.79 Å². The minimum Gasteiger partial charge on any atom is -0.479 e. The Morgan fingerprint density at radius 3 is 3.13 bits per heavy atom. The second-order valence-electron chi connectivity index (χ2n) is 6.81. The number of fused-ring (bicyclic) bond motifs is 1. The molecule has 30 heavy (non-hydrogen) atoms. The van der Waals surface area contributed by atoms with Crippen LogP contribution in [-0.4, -0.2) is 51.5 Å². The number of nitrogens with one attached hydrogen (secondary N) is 2. The quantitative estimate of drug-likeness (QED) is 0.488. The maximum absolute atomic E-state index is 11.8. The number of ether oxygens (including phenoxy) is 1. The number of hydrogen-bond donors (Lipinski definition) is 2. The molecule has 1 atom stereocenters. The van der Waals surface area contributed by atoms with Crippen molar-refractivity contribution in [2.75, 3.05) is 25.0 Å². The van der Waals surface area contributed by atoms with Crippen molar-refractivity contribution in [2.45, 2.75) is 12.5 Å². The van der Waals surface area contributed by atoms with Crippen molar-refractivity contribution in [2.24, 2.45) is 0 Å². The monoisotopic (exact) mass is 421 g/mol. The smallest absolute Gasteiger partial charge is 0.246 e. The first-order valence-corrected chi connectivity index (χ1v) is 9.89. The normalized spacial score (nSPS) is 15.5. The lowest BCUT2D eigenvalue weighted by Gasteiger charge is -2.15. The second-order valence-corrected chi connectivity index (χ2v) is 7.21. The third-order valence-electron chi connectivity index (χ3n) is 4.80. The van der Waals surface area contributed by atoms with E-state index in [0.29, 0.717) is 35.2 Å². The molecule has 0 saturated carbocycles. The third-order valence-corrected chi connectivity index (χ3v) is 5.11. The Bertz CT molecular complexity index is 1150. The molecule has 8 heteroatoms. The van der Waals surface area contributed by atoms with Crippen LogP contribution < -0.4 is 10.1 Å². The van der Waals surface area contributed by atoms with Gasteiger partial charge in [-0.2, -0.15) is 0 Å². The second kappa shape index (κ2) is 8.89. The van der Waals surface area contributed by atoms with E-state index in [1.165, 1.54) is 12.4 Å². The molecular weight excluding hydrogens is 402 g/mol. The third kappa shape index (κ3) is 4.39.